The fourth-order valence-corrected chi connectivity index (χ4v) is 2.63. The Balaban J connectivity index is 1.76. The molecule has 0 saturated carbocycles. The van der Waals surface area contributed by atoms with Crippen LogP contribution in [0, 0.1) is 0 Å². The SMILES string of the molecule is CC(CCNC(=O)C1(C)CCCN1)c1ccccc1. The smallest absolute Gasteiger partial charge is 0.240 e. The van der Waals surface area contributed by atoms with Gasteiger partial charge in [-0.25, -0.2) is 0 Å². The first-order valence-corrected chi connectivity index (χ1v) is 7.20. The first kappa shape index (κ1) is 14.1. The summed E-state index contributed by atoms with van der Waals surface area (Å²) < 4.78 is 0. The molecule has 104 valence electrons. The molecule has 0 aliphatic carbocycles. The number of rotatable bonds is 5. The van der Waals surface area contributed by atoms with Crippen LogP contribution in [0.15, 0.2) is 30.3 Å². The van der Waals surface area contributed by atoms with Crippen molar-refractivity contribution in [3.05, 3.63) is 35.9 Å². The predicted octanol–water partition coefficient (Wildman–Crippen LogP) is 2.44. The van der Waals surface area contributed by atoms with Crippen LogP contribution >= 0.6 is 0 Å². The third-order valence-corrected chi connectivity index (χ3v) is 4.10. The highest BCUT2D eigenvalue weighted by Gasteiger charge is 2.35. The second-order valence-corrected chi connectivity index (χ2v) is 5.72. The summed E-state index contributed by atoms with van der Waals surface area (Å²) >= 11 is 0. The van der Waals surface area contributed by atoms with E-state index < -0.39 is 0 Å². The Morgan fingerprint density at radius 3 is 2.79 bits per heavy atom. The van der Waals surface area contributed by atoms with E-state index in [1.54, 1.807) is 0 Å². The molecule has 0 spiro atoms. The fraction of sp³-hybridized carbons (Fsp3) is 0.562. The summed E-state index contributed by atoms with van der Waals surface area (Å²) in [6.07, 6.45) is 3.00. The van der Waals surface area contributed by atoms with Gasteiger partial charge in [-0.2, -0.15) is 0 Å². The zero-order valence-corrected chi connectivity index (χ0v) is 11.9. The van der Waals surface area contributed by atoms with E-state index in [1.807, 2.05) is 13.0 Å². The van der Waals surface area contributed by atoms with E-state index in [-0.39, 0.29) is 11.4 Å². The van der Waals surface area contributed by atoms with Gasteiger partial charge in [-0.05, 0) is 44.2 Å². The van der Waals surface area contributed by atoms with Crippen LogP contribution in [0.1, 0.15) is 44.6 Å². The summed E-state index contributed by atoms with van der Waals surface area (Å²) in [5.41, 5.74) is 0.984. The first-order valence-electron chi connectivity index (χ1n) is 7.20. The van der Waals surface area contributed by atoms with E-state index >= 15 is 0 Å². The first-order chi connectivity index (χ1) is 9.12. The van der Waals surface area contributed by atoms with E-state index in [2.05, 4.69) is 41.8 Å². The molecule has 0 radical (unpaired) electrons. The third kappa shape index (κ3) is 3.57. The Labute approximate surface area is 115 Å². The van der Waals surface area contributed by atoms with E-state index in [0.29, 0.717) is 5.92 Å². The van der Waals surface area contributed by atoms with E-state index in [9.17, 15) is 4.79 Å². The van der Waals surface area contributed by atoms with Gasteiger partial charge in [0.25, 0.3) is 0 Å². The molecule has 1 aromatic carbocycles. The van der Waals surface area contributed by atoms with Crippen LogP contribution in [-0.4, -0.2) is 24.5 Å². The van der Waals surface area contributed by atoms with Gasteiger partial charge in [0.2, 0.25) is 5.91 Å². The summed E-state index contributed by atoms with van der Waals surface area (Å²) in [6.45, 7) is 5.89. The van der Waals surface area contributed by atoms with Crippen molar-refractivity contribution < 1.29 is 4.79 Å². The highest BCUT2D eigenvalue weighted by atomic mass is 16.2. The number of benzene rings is 1. The Kier molecular flexibility index (Phi) is 4.59. The second kappa shape index (κ2) is 6.20. The molecule has 2 unspecified atom stereocenters. The Morgan fingerprint density at radius 1 is 1.42 bits per heavy atom. The van der Waals surface area contributed by atoms with Crippen molar-refractivity contribution in [2.75, 3.05) is 13.1 Å². The lowest BCUT2D eigenvalue weighted by Crippen LogP contribution is -2.51. The van der Waals surface area contributed by atoms with Crippen LogP contribution in [0.25, 0.3) is 0 Å². The Morgan fingerprint density at radius 2 is 2.16 bits per heavy atom. The third-order valence-electron chi connectivity index (χ3n) is 4.10. The molecule has 1 fully saturated rings. The zero-order chi connectivity index (χ0) is 13.7. The van der Waals surface area contributed by atoms with Crippen LogP contribution in [0.2, 0.25) is 0 Å². The molecule has 2 rings (SSSR count). The lowest BCUT2D eigenvalue weighted by atomic mass is 9.97. The minimum absolute atomic E-state index is 0.144. The summed E-state index contributed by atoms with van der Waals surface area (Å²) in [5.74, 6) is 0.621. The van der Waals surface area contributed by atoms with Crippen molar-refractivity contribution >= 4 is 5.91 Å². The van der Waals surface area contributed by atoms with Gasteiger partial charge in [-0.1, -0.05) is 37.3 Å². The molecule has 0 aromatic heterocycles. The van der Waals surface area contributed by atoms with Gasteiger partial charge in [0.1, 0.15) is 0 Å². The number of hydrogen-bond donors (Lipinski definition) is 2. The molecule has 1 aliphatic rings. The quantitative estimate of drug-likeness (QED) is 0.854. The van der Waals surface area contributed by atoms with Gasteiger partial charge in [-0.3, -0.25) is 4.79 Å². The molecule has 2 N–H and O–H groups in total. The average molecular weight is 260 g/mol. The minimum Gasteiger partial charge on any atom is -0.354 e. The fourth-order valence-electron chi connectivity index (χ4n) is 2.63. The highest BCUT2D eigenvalue weighted by molar-refractivity contribution is 5.86. The van der Waals surface area contributed by atoms with Crippen LogP contribution in [0.5, 0.6) is 0 Å². The lowest BCUT2D eigenvalue weighted by Gasteiger charge is -2.23. The van der Waals surface area contributed by atoms with Gasteiger partial charge in [0, 0.05) is 6.54 Å². The molecule has 19 heavy (non-hydrogen) atoms. The maximum absolute atomic E-state index is 12.1. The molecular weight excluding hydrogens is 236 g/mol. The lowest BCUT2D eigenvalue weighted by molar-refractivity contribution is -0.126. The van der Waals surface area contributed by atoms with Crippen LogP contribution in [0.4, 0.5) is 0 Å². The van der Waals surface area contributed by atoms with Crippen molar-refractivity contribution in [1.29, 1.82) is 0 Å². The molecular formula is C16H24N2O. The maximum atomic E-state index is 12.1. The summed E-state index contributed by atoms with van der Waals surface area (Å²) in [7, 11) is 0. The summed E-state index contributed by atoms with van der Waals surface area (Å²) in [4.78, 5) is 12.1. The van der Waals surface area contributed by atoms with Gasteiger partial charge in [-0.15, -0.1) is 0 Å². The molecule has 1 heterocycles. The van der Waals surface area contributed by atoms with Gasteiger partial charge >= 0.3 is 0 Å². The molecule has 1 amide bonds. The van der Waals surface area contributed by atoms with Gasteiger partial charge in [0.15, 0.2) is 0 Å². The zero-order valence-electron chi connectivity index (χ0n) is 11.9. The second-order valence-electron chi connectivity index (χ2n) is 5.72. The predicted molar refractivity (Wildman–Crippen MR) is 78.1 cm³/mol. The normalized spacial score (nSPS) is 24.1. The summed E-state index contributed by atoms with van der Waals surface area (Å²) in [6, 6.07) is 10.4. The molecule has 3 heteroatoms. The van der Waals surface area contributed by atoms with Crippen molar-refractivity contribution in [3.63, 3.8) is 0 Å². The highest BCUT2D eigenvalue weighted by Crippen LogP contribution is 2.20. The molecule has 1 aromatic rings. The van der Waals surface area contributed by atoms with Crippen LogP contribution in [-0.2, 0) is 4.79 Å². The molecule has 2 atom stereocenters. The van der Waals surface area contributed by atoms with Crippen molar-refractivity contribution in [2.45, 2.75) is 44.6 Å². The molecule has 1 aliphatic heterocycles. The van der Waals surface area contributed by atoms with Crippen LogP contribution in [0.3, 0.4) is 0 Å². The largest absolute Gasteiger partial charge is 0.354 e. The van der Waals surface area contributed by atoms with Crippen molar-refractivity contribution in [1.82, 2.24) is 10.6 Å². The topological polar surface area (TPSA) is 41.1 Å². The monoisotopic (exact) mass is 260 g/mol. The van der Waals surface area contributed by atoms with Crippen molar-refractivity contribution in [3.8, 4) is 0 Å². The number of carbonyl (C=O) groups excluding carboxylic acids is 1. The number of carbonyl (C=O) groups is 1. The minimum atomic E-state index is -0.351. The Bertz CT molecular complexity index is 410. The van der Waals surface area contributed by atoms with Gasteiger partial charge in [0.05, 0.1) is 5.54 Å². The average Bonchev–Trinajstić information content (AvgIpc) is 2.88. The van der Waals surface area contributed by atoms with E-state index in [4.69, 9.17) is 0 Å². The van der Waals surface area contributed by atoms with Crippen molar-refractivity contribution in [2.24, 2.45) is 0 Å². The molecule has 0 bridgehead atoms. The standard InChI is InChI=1S/C16H24N2O/c1-13(14-7-4-3-5-8-14)9-12-17-15(19)16(2)10-6-11-18-16/h3-5,7-8,13,18H,6,9-12H2,1-2H3,(H,17,19). The Hall–Kier alpha value is -1.35. The number of nitrogens with one attached hydrogen (secondary N) is 2. The van der Waals surface area contributed by atoms with Gasteiger partial charge < -0.3 is 10.6 Å². The maximum Gasteiger partial charge on any atom is 0.240 e. The number of amides is 1. The molecule has 3 nitrogen and oxygen atoms in total. The summed E-state index contributed by atoms with van der Waals surface area (Å²) in [5, 5.41) is 6.35. The van der Waals surface area contributed by atoms with E-state index in [1.165, 1.54) is 5.56 Å². The number of hydrogen-bond acceptors (Lipinski definition) is 2. The van der Waals surface area contributed by atoms with Crippen LogP contribution < -0.4 is 10.6 Å². The van der Waals surface area contributed by atoms with E-state index in [0.717, 1.165) is 32.4 Å². The molecule has 1 saturated heterocycles.